The summed E-state index contributed by atoms with van der Waals surface area (Å²) in [6, 6.07) is 7.38. The Hall–Kier alpha value is -2.74. The van der Waals surface area contributed by atoms with E-state index in [9.17, 15) is 9.59 Å². The maximum absolute atomic E-state index is 12.8. The number of likely N-dealkylation sites (tertiary alicyclic amines) is 1. The molecule has 1 atom stereocenters. The van der Waals surface area contributed by atoms with E-state index < -0.39 is 0 Å². The van der Waals surface area contributed by atoms with Crippen LogP contribution < -0.4 is 5.56 Å². The van der Waals surface area contributed by atoms with Gasteiger partial charge >= 0.3 is 0 Å². The maximum Gasteiger partial charge on any atom is 0.281 e. The van der Waals surface area contributed by atoms with Crippen LogP contribution in [0.25, 0.3) is 11.2 Å². The highest BCUT2D eigenvalue weighted by Crippen LogP contribution is 2.23. The second kappa shape index (κ2) is 7.11. The molecule has 1 amide bonds. The van der Waals surface area contributed by atoms with E-state index in [0.29, 0.717) is 29.6 Å². The fourth-order valence-corrected chi connectivity index (χ4v) is 3.76. The molecule has 0 aliphatic carbocycles. The molecule has 140 valence electrons. The molecule has 0 bridgehead atoms. The van der Waals surface area contributed by atoms with Crippen molar-refractivity contribution in [2.24, 2.45) is 0 Å². The van der Waals surface area contributed by atoms with Crippen molar-refractivity contribution < 1.29 is 4.79 Å². The zero-order chi connectivity index (χ0) is 19.0. The molecule has 4 rings (SSSR count). The van der Waals surface area contributed by atoms with Gasteiger partial charge in [0.05, 0.1) is 19.0 Å². The van der Waals surface area contributed by atoms with Gasteiger partial charge in [-0.05, 0) is 31.4 Å². The molecule has 2 aromatic heterocycles. The van der Waals surface area contributed by atoms with Crippen molar-refractivity contribution in [1.29, 1.82) is 0 Å². The number of rotatable bonds is 4. The first kappa shape index (κ1) is 17.7. The lowest BCUT2D eigenvalue weighted by Crippen LogP contribution is -2.39. The number of aromatic amines is 1. The molecule has 3 aromatic rings. The minimum Gasteiger partial charge on any atom is -0.338 e. The molecule has 1 N–H and O–H groups in total. The fourth-order valence-electron chi connectivity index (χ4n) is 3.56. The lowest BCUT2D eigenvalue weighted by atomic mass is 10.1. The zero-order valence-corrected chi connectivity index (χ0v) is 15.6. The van der Waals surface area contributed by atoms with Crippen LogP contribution in [0.2, 0.25) is 5.02 Å². The van der Waals surface area contributed by atoms with Gasteiger partial charge in [-0.2, -0.15) is 0 Å². The van der Waals surface area contributed by atoms with Crippen molar-refractivity contribution in [1.82, 2.24) is 29.9 Å². The number of benzene rings is 1. The largest absolute Gasteiger partial charge is 0.338 e. The molecular formula is C18H19ClN6O2. The number of hydrogen-bond acceptors (Lipinski definition) is 5. The number of nitrogens with one attached hydrogen (secondary N) is 1. The Kier molecular flexibility index (Phi) is 4.65. The molecule has 1 aromatic carbocycles. The Bertz CT molecular complexity index is 1060. The number of carbonyl (C=O) groups excluding carboxylic acids is 1. The molecule has 1 fully saturated rings. The summed E-state index contributed by atoms with van der Waals surface area (Å²) in [7, 11) is 0. The quantitative estimate of drug-likeness (QED) is 0.736. The van der Waals surface area contributed by atoms with Gasteiger partial charge in [0.15, 0.2) is 11.2 Å². The van der Waals surface area contributed by atoms with Gasteiger partial charge in [-0.15, -0.1) is 5.10 Å². The Labute approximate surface area is 160 Å². The monoisotopic (exact) mass is 386 g/mol. The van der Waals surface area contributed by atoms with Crippen LogP contribution in [0.4, 0.5) is 0 Å². The standard InChI is InChI=1S/C18H19ClN6O2/c1-11-20-17-16(18(27)21-11)22-23-25(17)10-13-6-4-8-24(13)15(26)9-12-5-2-3-7-14(12)19/h2-3,5,7,13H,4,6,8-10H2,1H3,(H,20,21,27)/t13-/m1/s1. The van der Waals surface area contributed by atoms with Gasteiger partial charge in [0.1, 0.15) is 5.82 Å². The van der Waals surface area contributed by atoms with E-state index in [4.69, 9.17) is 11.6 Å². The molecule has 27 heavy (non-hydrogen) atoms. The van der Waals surface area contributed by atoms with Crippen LogP contribution in [0.5, 0.6) is 0 Å². The van der Waals surface area contributed by atoms with Crippen molar-refractivity contribution in [3.05, 3.63) is 51.0 Å². The highest BCUT2D eigenvalue weighted by molar-refractivity contribution is 6.31. The van der Waals surface area contributed by atoms with Gasteiger partial charge in [-0.25, -0.2) is 9.67 Å². The molecule has 1 aliphatic heterocycles. The van der Waals surface area contributed by atoms with E-state index in [1.807, 2.05) is 23.1 Å². The third-order valence-electron chi connectivity index (χ3n) is 4.87. The summed E-state index contributed by atoms with van der Waals surface area (Å²) < 4.78 is 1.61. The van der Waals surface area contributed by atoms with Crippen LogP contribution in [-0.2, 0) is 17.8 Å². The highest BCUT2D eigenvalue weighted by atomic mass is 35.5. The Balaban J connectivity index is 1.55. The average molecular weight is 387 g/mol. The topological polar surface area (TPSA) is 96.8 Å². The summed E-state index contributed by atoms with van der Waals surface area (Å²) in [5, 5.41) is 8.61. The fraction of sp³-hybridized carbons (Fsp3) is 0.389. The lowest BCUT2D eigenvalue weighted by molar-refractivity contribution is -0.131. The highest BCUT2D eigenvalue weighted by Gasteiger charge is 2.30. The molecular weight excluding hydrogens is 368 g/mol. The maximum atomic E-state index is 12.8. The molecule has 8 nitrogen and oxygen atoms in total. The van der Waals surface area contributed by atoms with Crippen molar-refractivity contribution >= 4 is 28.7 Å². The second-order valence-electron chi connectivity index (χ2n) is 6.75. The molecule has 9 heteroatoms. The SMILES string of the molecule is Cc1nc2c(nnn2C[C@H]2CCCN2C(=O)Cc2ccccc2Cl)c(=O)[nH]1. The van der Waals surface area contributed by atoms with Gasteiger partial charge in [0, 0.05) is 11.6 Å². The summed E-state index contributed by atoms with van der Waals surface area (Å²) in [6.45, 7) is 2.88. The van der Waals surface area contributed by atoms with Crippen LogP contribution in [0.15, 0.2) is 29.1 Å². The van der Waals surface area contributed by atoms with Crippen LogP contribution >= 0.6 is 11.6 Å². The average Bonchev–Trinajstić information content (AvgIpc) is 3.25. The first-order chi connectivity index (χ1) is 13.0. The summed E-state index contributed by atoms with van der Waals surface area (Å²) in [5.41, 5.74) is 1.18. The number of halogens is 1. The van der Waals surface area contributed by atoms with Crippen molar-refractivity contribution in [2.45, 2.75) is 38.8 Å². The van der Waals surface area contributed by atoms with Crippen LogP contribution in [0.3, 0.4) is 0 Å². The van der Waals surface area contributed by atoms with Gasteiger partial charge in [0.25, 0.3) is 5.56 Å². The van der Waals surface area contributed by atoms with E-state index in [1.54, 1.807) is 17.7 Å². The first-order valence-corrected chi connectivity index (χ1v) is 9.23. The molecule has 1 saturated heterocycles. The molecule has 0 radical (unpaired) electrons. The molecule has 3 heterocycles. The number of fused-ring (bicyclic) bond motifs is 1. The molecule has 1 aliphatic rings. The minimum atomic E-state index is -0.304. The predicted molar refractivity (Wildman–Crippen MR) is 101 cm³/mol. The van der Waals surface area contributed by atoms with Gasteiger partial charge in [-0.1, -0.05) is 35.0 Å². The molecule has 0 unspecified atom stereocenters. The van der Waals surface area contributed by atoms with Gasteiger partial charge in [0.2, 0.25) is 5.91 Å². The summed E-state index contributed by atoms with van der Waals surface area (Å²) >= 11 is 6.19. The molecule has 0 spiro atoms. The number of hydrogen-bond donors (Lipinski definition) is 1. The number of aromatic nitrogens is 5. The Morgan fingerprint density at radius 1 is 1.37 bits per heavy atom. The van der Waals surface area contributed by atoms with Crippen LogP contribution in [-0.4, -0.2) is 48.4 Å². The van der Waals surface area contributed by atoms with E-state index in [0.717, 1.165) is 18.4 Å². The predicted octanol–water partition coefficient (Wildman–Crippen LogP) is 1.71. The molecule has 0 saturated carbocycles. The van der Waals surface area contributed by atoms with Crippen LogP contribution in [0.1, 0.15) is 24.2 Å². The van der Waals surface area contributed by atoms with E-state index in [2.05, 4.69) is 20.3 Å². The summed E-state index contributed by atoms with van der Waals surface area (Å²) in [6.07, 6.45) is 2.07. The zero-order valence-electron chi connectivity index (χ0n) is 14.9. The van der Waals surface area contributed by atoms with Gasteiger partial charge in [-0.3, -0.25) is 9.59 Å². The number of carbonyl (C=O) groups is 1. The minimum absolute atomic E-state index is 0.00807. The summed E-state index contributed by atoms with van der Waals surface area (Å²) in [5.74, 6) is 0.547. The second-order valence-corrected chi connectivity index (χ2v) is 7.15. The lowest BCUT2D eigenvalue weighted by Gasteiger charge is -2.25. The number of aryl methyl sites for hydroxylation is 1. The van der Waals surface area contributed by atoms with E-state index >= 15 is 0 Å². The number of nitrogens with zero attached hydrogens (tertiary/aromatic N) is 5. The first-order valence-electron chi connectivity index (χ1n) is 8.86. The Morgan fingerprint density at radius 3 is 3.00 bits per heavy atom. The van der Waals surface area contributed by atoms with Crippen LogP contribution in [0, 0.1) is 6.92 Å². The van der Waals surface area contributed by atoms with Gasteiger partial charge < -0.3 is 9.88 Å². The van der Waals surface area contributed by atoms with E-state index in [1.165, 1.54) is 0 Å². The van der Waals surface area contributed by atoms with E-state index in [-0.39, 0.29) is 29.4 Å². The number of H-pyrrole nitrogens is 1. The van der Waals surface area contributed by atoms with Crippen molar-refractivity contribution in [2.75, 3.05) is 6.54 Å². The van der Waals surface area contributed by atoms with Crippen molar-refractivity contribution in [3.63, 3.8) is 0 Å². The third kappa shape index (κ3) is 3.44. The Morgan fingerprint density at radius 2 is 2.19 bits per heavy atom. The smallest absolute Gasteiger partial charge is 0.281 e. The third-order valence-corrected chi connectivity index (χ3v) is 5.24. The summed E-state index contributed by atoms with van der Waals surface area (Å²) in [4.78, 5) is 33.6. The number of amides is 1. The normalized spacial score (nSPS) is 17.0. The van der Waals surface area contributed by atoms with Crippen molar-refractivity contribution in [3.8, 4) is 0 Å².